The quantitative estimate of drug-likeness (QED) is 0.549. The van der Waals surface area contributed by atoms with E-state index in [9.17, 15) is 4.79 Å². The maximum atomic E-state index is 11.6. The van der Waals surface area contributed by atoms with E-state index in [2.05, 4.69) is 26.8 Å². The topological polar surface area (TPSA) is 26.3 Å². The van der Waals surface area contributed by atoms with Crippen molar-refractivity contribution in [2.75, 3.05) is 6.61 Å². The predicted molar refractivity (Wildman–Crippen MR) is 70.7 cm³/mol. The van der Waals surface area contributed by atoms with Gasteiger partial charge in [0.2, 0.25) is 0 Å². The third kappa shape index (κ3) is 4.53. The SMILES string of the molecule is CCOC(=O)/C(C)=C/C1CC(C)CC(C)(C)C1. The molecular weight excluding hydrogens is 212 g/mol. The lowest BCUT2D eigenvalue weighted by Gasteiger charge is -2.38. The second-order valence-corrected chi connectivity index (χ2v) is 6.24. The average molecular weight is 238 g/mol. The zero-order chi connectivity index (χ0) is 13.1. The lowest BCUT2D eigenvalue weighted by Crippen LogP contribution is -2.27. The average Bonchev–Trinajstić information content (AvgIpc) is 2.14. The summed E-state index contributed by atoms with van der Waals surface area (Å²) >= 11 is 0. The lowest BCUT2D eigenvalue weighted by atomic mass is 9.68. The molecule has 1 saturated carbocycles. The van der Waals surface area contributed by atoms with Gasteiger partial charge in [0.05, 0.1) is 6.61 Å². The van der Waals surface area contributed by atoms with Gasteiger partial charge in [0.1, 0.15) is 0 Å². The Kier molecular flexibility index (Phi) is 4.79. The van der Waals surface area contributed by atoms with Crippen LogP contribution in [0.4, 0.5) is 0 Å². The largest absolute Gasteiger partial charge is 0.463 e. The van der Waals surface area contributed by atoms with Crippen LogP contribution in [0, 0.1) is 17.3 Å². The van der Waals surface area contributed by atoms with Crippen molar-refractivity contribution in [2.24, 2.45) is 17.3 Å². The zero-order valence-corrected chi connectivity index (χ0v) is 11.9. The van der Waals surface area contributed by atoms with Gasteiger partial charge < -0.3 is 4.74 Å². The summed E-state index contributed by atoms with van der Waals surface area (Å²) in [5.74, 6) is 1.11. The van der Waals surface area contributed by atoms with Crippen LogP contribution in [-0.4, -0.2) is 12.6 Å². The Morgan fingerprint density at radius 2 is 2.06 bits per heavy atom. The highest BCUT2D eigenvalue weighted by atomic mass is 16.5. The van der Waals surface area contributed by atoms with E-state index < -0.39 is 0 Å². The highest BCUT2D eigenvalue weighted by molar-refractivity contribution is 5.87. The number of esters is 1. The van der Waals surface area contributed by atoms with E-state index in [0.717, 1.165) is 11.5 Å². The molecular formula is C15H26O2. The van der Waals surface area contributed by atoms with Crippen LogP contribution in [0.3, 0.4) is 0 Å². The highest BCUT2D eigenvalue weighted by Gasteiger charge is 2.31. The van der Waals surface area contributed by atoms with Crippen LogP contribution >= 0.6 is 0 Å². The smallest absolute Gasteiger partial charge is 0.333 e. The Hall–Kier alpha value is -0.790. The number of allylic oxidation sites excluding steroid dienone is 1. The fourth-order valence-corrected chi connectivity index (χ4v) is 3.21. The molecule has 2 heteroatoms. The van der Waals surface area contributed by atoms with Crippen molar-refractivity contribution in [1.82, 2.24) is 0 Å². The van der Waals surface area contributed by atoms with Gasteiger partial charge in [0, 0.05) is 5.57 Å². The molecule has 98 valence electrons. The summed E-state index contributed by atoms with van der Waals surface area (Å²) in [5.41, 5.74) is 1.16. The molecule has 0 aromatic rings. The number of carbonyl (C=O) groups is 1. The molecule has 2 nitrogen and oxygen atoms in total. The molecule has 0 bridgehead atoms. The maximum absolute atomic E-state index is 11.6. The summed E-state index contributed by atoms with van der Waals surface area (Å²) in [5, 5.41) is 0. The number of carbonyl (C=O) groups excluding carboxylic acids is 1. The summed E-state index contributed by atoms with van der Waals surface area (Å²) in [4.78, 5) is 11.6. The van der Waals surface area contributed by atoms with Gasteiger partial charge in [-0.25, -0.2) is 4.79 Å². The Morgan fingerprint density at radius 1 is 1.41 bits per heavy atom. The van der Waals surface area contributed by atoms with Crippen molar-refractivity contribution in [1.29, 1.82) is 0 Å². The van der Waals surface area contributed by atoms with E-state index in [0.29, 0.717) is 17.9 Å². The number of ether oxygens (including phenoxy) is 1. The fraction of sp³-hybridized carbons (Fsp3) is 0.800. The van der Waals surface area contributed by atoms with E-state index in [1.807, 2.05) is 13.8 Å². The molecule has 0 aliphatic heterocycles. The first kappa shape index (κ1) is 14.3. The number of rotatable bonds is 3. The van der Waals surface area contributed by atoms with E-state index in [1.54, 1.807) is 0 Å². The molecule has 0 N–H and O–H groups in total. The van der Waals surface area contributed by atoms with E-state index >= 15 is 0 Å². The second-order valence-electron chi connectivity index (χ2n) is 6.24. The maximum Gasteiger partial charge on any atom is 0.333 e. The minimum Gasteiger partial charge on any atom is -0.463 e. The summed E-state index contributed by atoms with van der Waals surface area (Å²) < 4.78 is 5.02. The first-order valence-electron chi connectivity index (χ1n) is 6.69. The van der Waals surface area contributed by atoms with Crippen LogP contribution in [0.2, 0.25) is 0 Å². The van der Waals surface area contributed by atoms with Gasteiger partial charge in [-0.2, -0.15) is 0 Å². The zero-order valence-electron chi connectivity index (χ0n) is 11.9. The van der Waals surface area contributed by atoms with E-state index in [1.165, 1.54) is 19.3 Å². The van der Waals surface area contributed by atoms with Crippen molar-refractivity contribution in [3.63, 3.8) is 0 Å². The van der Waals surface area contributed by atoms with Gasteiger partial charge in [-0.05, 0) is 50.4 Å². The van der Waals surface area contributed by atoms with Crippen LogP contribution in [0.1, 0.15) is 53.9 Å². The van der Waals surface area contributed by atoms with Gasteiger partial charge in [-0.3, -0.25) is 0 Å². The fourth-order valence-electron chi connectivity index (χ4n) is 3.21. The van der Waals surface area contributed by atoms with Crippen molar-refractivity contribution in [2.45, 2.75) is 53.9 Å². The second kappa shape index (κ2) is 5.70. The molecule has 0 radical (unpaired) electrons. The van der Waals surface area contributed by atoms with Crippen molar-refractivity contribution in [3.05, 3.63) is 11.6 Å². The van der Waals surface area contributed by atoms with Crippen molar-refractivity contribution < 1.29 is 9.53 Å². The molecule has 1 rings (SSSR count). The first-order valence-corrected chi connectivity index (χ1v) is 6.69. The van der Waals surface area contributed by atoms with Gasteiger partial charge in [0.25, 0.3) is 0 Å². The van der Waals surface area contributed by atoms with Crippen LogP contribution in [0.25, 0.3) is 0 Å². The van der Waals surface area contributed by atoms with Crippen LogP contribution in [-0.2, 0) is 9.53 Å². The standard InChI is InChI=1S/C15H26O2/c1-6-17-14(16)12(3)8-13-7-11(2)9-15(4,5)10-13/h8,11,13H,6-7,9-10H2,1-5H3/b12-8+. The minimum atomic E-state index is -0.163. The third-order valence-electron chi connectivity index (χ3n) is 3.50. The van der Waals surface area contributed by atoms with Gasteiger partial charge in [-0.15, -0.1) is 0 Å². The lowest BCUT2D eigenvalue weighted by molar-refractivity contribution is -0.138. The van der Waals surface area contributed by atoms with Gasteiger partial charge in [0.15, 0.2) is 0 Å². The summed E-state index contributed by atoms with van der Waals surface area (Å²) in [6.07, 6.45) is 5.78. The molecule has 2 unspecified atom stereocenters. The predicted octanol–water partition coefficient (Wildman–Crippen LogP) is 3.96. The third-order valence-corrected chi connectivity index (χ3v) is 3.50. The molecule has 0 aromatic carbocycles. The van der Waals surface area contributed by atoms with Gasteiger partial charge >= 0.3 is 5.97 Å². The van der Waals surface area contributed by atoms with E-state index in [4.69, 9.17) is 4.74 Å². The molecule has 1 aliphatic rings. The summed E-state index contributed by atoms with van der Waals surface area (Å²) in [7, 11) is 0. The van der Waals surface area contributed by atoms with Gasteiger partial charge in [-0.1, -0.05) is 26.8 Å². The first-order chi connectivity index (χ1) is 7.84. The summed E-state index contributed by atoms with van der Waals surface area (Å²) in [6, 6.07) is 0. The van der Waals surface area contributed by atoms with Crippen LogP contribution < -0.4 is 0 Å². The molecule has 0 heterocycles. The summed E-state index contributed by atoms with van der Waals surface area (Å²) in [6.45, 7) is 11.1. The molecule has 17 heavy (non-hydrogen) atoms. The molecule has 0 amide bonds. The number of hydrogen-bond donors (Lipinski definition) is 0. The highest BCUT2D eigenvalue weighted by Crippen LogP contribution is 2.42. The molecule has 2 atom stereocenters. The van der Waals surface area contributed by atoms with Crippen molar-refractivity contribution in [3.8, 4) is 0 Å². The molecule has 1 aliphatic carbocycles. The minimum absolute atomic E-state index is 0.163. The molecule has 0 aromatic heterocycles. The molecule has 0 spiro atoms. The van der Waals surface area contributed by atoms with Crippen molar-refractivity contribution >= 4 is 5.97 Å². The van der Waals surface area contributed by atoms with Crippen LogP contribution in [0.15, 0.2) is 11.6 Å². The Balaban J connectivity index is 2.67. The Morgan fingerprint density at radius 3 is 2.59 bits per heavy atom. The monoisotopic (exact) mass is 238 g/mol. The Bertz CT molecular complexity index is 302. The normalized spacial score (nSPS) is 28.9. The van der Waals surface area contributed by atoms with Crippen LogP contribution in [0.5, 0.6) is 0 Å². The van der Waals surface area contributed by atoms with E-state index in [-0.39, 0.29) is 5.97 Å². The molecule has 0 saturated heterocycles. The molecule has 1 fully saturated rings. The Labute approximate surface area is 105 Å². The number of hydrogen-bond acceptors (Lipinski definition) is 2.